The van der Waals surface area contributed by atoms with Crippen molar-refractivity contribution >= 4 is 15.9 Å². The fraction of sp³-hybridized carbons (Fsp3) is 0.217. The van der Waals surface area contributed by atoms with E-state index in [0.29, 0.717) is 16.9 Å². The molecule has 0 atom stereocenters. The lowest BCUT2D eigenvalue weighted by Gasteiger charge is -2.33. The number of hydrogen-bond acceptors (Lipinski definition) is 6. The number of nitrogens with zero attached hydrogens (tertiary/aromatic N) is 3. The Hall–Kier alpha value is -3.61. The highest BCUT2D eigenvalue weighted by molar-refractivity contribution is 7.89. The molecule has 164 valence electrons. The van der Waals surface area contributed by atoms with Crippen molar-refractivity contribution in [1.82, 2.24) is 9.21 Å². The van der Waals surface area contributed by atoms with E-state index in [1.165, 1.54) is 34.8 Å². The highest BCUT2D eigenvalue weighted by atomic mass is 32.2. The smallest absolute Gasteiger partial charge is 0.290 e. The standard InChI is InChI=1S/C23H21N3O5S/c24-16-18-6-8-21(9-7-18)32(28,29)26-13-11-25(12-14-26)23(27)22-19(10-15-30-22)17-31-20-4-2-1-3-5-20/h1-10,15H,11-14,17H2. The summed E-state index contributed by atoms with van der Waals surface area (Å²) in [4.78, 5) is 14.7. The van der Waals surface area contributed by atoms with E-state index >= 15 is 0 Å². The third-order valence-corrected chi connectivity index (χ3v) is 7.14. The molecule has 1 aliphatic rings. The molecule has 0 unspecified atom stereocenters. The second-order valence-electron chi connectivity index (χ2n) is 7.21. The zero-order valence-electron chi connectivity index (χ0n) is 17.2. The van der Waals surface area contributed by atoms with Crippen LogP contribution in [-0.4, -0.2) is 49.7 Å². The molecule has 4 rings (SSSR count). The SMILES string of the molecule is N#Cc1ccc(S(=O)(=O)N2CCN(C(=O)c3occc3COc3ccccc3)CC2)cc1. The molecular weight excluding hydrogens is 430 g/mol. The number of benzene rings is 2. The molecule has 0 bridgehead atoms. The van der Waals surface area contributed by atoms with Gasteiger partial charge in [-0.05, 0) is 42.5 Å². The summed E-state index contributed by atoms with van der Waals surface area (Å²) in [5.74, 6) is 0.593. The number of carbonyl (C=O) groups excluding carboxylic acids is 1. The van der Waals surface area contributed by atoms with Gasteiger partial charge in [0.1, 0.15) is 12.4 Å². The van der Waals surface area contributed by atoms with Crippen molar-refractivity contribution in [2.45, 2.75) is 11.5 Å². The first kappa shape index (κ1) is 21.6. The third-order valence-electron chi connectivity index (χ3n) is 5.23. The van der Waals surface area contributed by atoms with Crippen LogP contribution in [0.15, 0.2) is 76.2 Å². The number of nitriles is 1. The molecule has 0 saturated carbocycles. The number of piperazine rings is 1. The van der Waals surface area contributed by atoms with Crippen LogP contribution in [-0.2, 0) is 16.6 Å². The van der Waals surface area contributed by atoms with Gasteiger partial charge in [0.25, 0.3) is 5.91 Å². The van der Waals surface area contributed by atoms with Crippen molar-refractivity contribution < 1.29 is 22.4 Å². The molecule has 1 aliphatic heterocycles. The minimum absolute atomic E-state index is 0.127. The van der Waals surface area contributed by atoms with Gasteiger partial charge in [-0.3, -0.25) is 4.79 Å². The molecule has 9 heteroatoms. The fourth-order valence-electron chi connectivity index (χ4n) is 3.44. The van der Waals surface area contributed by atoms with Crippen LogP contribution in [0.3, 0.4) is 0 Å². The molecule has 2 aromatic carbocycles. The summed E-state index contributed by atoms with van der Waals surface area (Å²) in [6.45, 7) is 1.02. The van der Waals surface area contributed by atoms with Crippen LogP contribution in [0.5, 0.6) is 5.75 Å². The Balaban J connectivity index is 1.39. The molecule has 32 heavy (non-hydrogen) atoms. The normalized spacial score (nSPS) is 14.7. The summed E-state index contributed by atoms with van der Waals surface area (Å²) in [6, 6.07) is 18.7. The molecule has 0 aliphatic carbocycles. The van der Waals surface area contributed by atoms with E-state index in [0.717, 1.165) is 0 Å². The van der Waals surface area contributed by atoms with Crippen LogP contribution >= 0.6 is 0 Å². The molecular formula is C23H21N3O5S. The van der Waals surface area contributed by atoms with Crippen molar-refractivity contribution in [3.05, 3.63) is 83.8 Å². The van der Waals surface area contributed by atoms with Crippen LogP contribution < -0.4 is 4.74 Å². The van der Waals surface area contributed by atoms with Gasteiger partial charge in [-0.1, -0.05) is 18.2 Å². The molecule has 8 nitrogen and oxygen atoms in total. The van der Waals surface area contributed by atoms with Crippen molar-refractivity contribution in [1.29, 1.82) is 5.26 Å². The predicted molar refractivity (Wildman–Crippen MR) is 115 cm³/mol. The Labute approximate surface area is 186 Å². The van der Waals surface area contributed by atoms with Crippen molar-refractivity contribution in [3.63, 3.8) is 0 Å². The fourth-order valence-corrected chi connectivity index (χ4v) is 4.86. The minimum atomic E-state index is -3.69. The van der Waals surface area contributed by atoms with Gasteiger partial charge in [-0.2, -0.15) is 9.57 Å². The molecule has 3 aromatic rings. The second-order valence-corrected chi connectivity index (χ2v) is 9.15. The van der Waals surface area contributed by atoms with Crippen LogP contribution in [0.25, 0.3) is 0 Å². The van der Waals surface area contributed by atoms with Gasteiger partial charge in [0, 0.05) is 31.7 Å². The van der Waals surface area contributed by atoms with E-state index in [1.54, 1.807) is 11.0 Å². The third kappa shape index (κ3) is 4.51. The molecule has 1 aromatic heterocycles. The zero-order valence-corrected chi connectivity index (χ0v) is 18.0. The summed E-state index contributed by atoms with van der Waals surface area (Å²) in [6.07, 6.45) is 1.45. The average Bonchev–Trinajstić information content (AvgIpc) is 3.31. The zero-order chi connectivity index (χ0) is 22.6. The molecule has 0 spiro atoms. The van der Waals surface area contributed by atoms with E-state index in [4.69, 9.17) is 14.4 Å². The lowest BCUT2D eigenvalue weighted by atomic mass is 10.2. The Bertz CT molecular complexity index is 1220. The van der Waals surface area contributed by atoms with Gasteiger partial charge in [0.05, 0.1) is 22.8 Å². The maximum atomic E-state index is 13.0. The molecule has 2 heterocycles. The Morgan fingerprint density at radius 1 is 1.00 bits per heavy atom. The highest BCUT2D eigenvalue weighted by Gasteiger charge is 2.32. The topological polar surface area (TPSA) is 104 Å². The van der Waals surface area contributed by atoms with E-state index in [1.807, 2.05) is 36.4 Å². The molecule has 0 radical (unpaired) electrons. The van der Waals surface area contributed by atoms with Crippen LogP contribution in [0, 0.1) is 11.3 Å². The molecule has 0 N–H and O–H groups in total. The first-order valence-corrected chi connectivity index (χ1v) is 11.5. The number of para-hydroxylation sites is 1. The lowest BCUT2D eigenvalue weighted by molar-refractivity contribution is 0.0662. The number of furan rings is 1. The number of carbonyl (C=O) groups is 1. The lowest BCUT2D eigenvalue weighted by Crippen LogP contribution is -2.50. The van der Waals surface area contributed by atoms with E-state index in [-0.39, 0.29) is 49.3 Å². The van der Waals surface area contributed by atoms with Crippen molar-refractivity contribution in [3.8, 4) is 11.8 Å². The quantitative estimate of drug-likeness (QED) is 0.571. The largest absolute Gasteiger partial charge is 0.489 e. The number of sulfonamides is 1. The highest BCUT2D eigenvalue weighted by Crippen LogP contribution is 2.21. The summed E-state index contributed by atoms with van der Waals surface area (Å²) in [5.41, 5.74) is 1.02. The van der Waals surface area contributed by atoms with Gasteiger partial charge in [0.2, 0.25) is 10.0 Å². The van der Waals surface area contributed by atoms with Gasteiger partial charge in [0.15, 0.2) is 5.76 Å². The maximum absolute atomic E-state index is 13.0. The number of ether oxygens (including phenoxy) is 1. The van der Waals surface area contributed by atoms with Crippen LogP contribution in [0.2, 0.25) is 0 Å². The van der Waals surface area contributed by atoms with Gasteiger partial charge in [-0.25, -0.2) is 8.42 Å². The molecule has 1 saturated heterocycles. The van der Waals surface area contributed by atoms with Crippen LogP contribution in [0.1, 0.15) is 21.7 Å². The number of hydrogen-bond donors (Lipinski definition) is 0. The minimum Gasteiger partial charge on any atom is -0.489 e. The summed E-state index contributed by atoms with van der Waals surface area (Å²) < 4.78 is 38.2. The monoisotopic (exact) mass is 451 g/mol. The average molecular weight is 452 g/mol. The first-order valence-electron chi connectivity index (χ1n) is 10.0. The molecule has 1 amide bonds. The summed E-state index contributed by atoms with van der Waals surface area (Å²) in [7, 11) is -3.69. The summed E-state index contributed by atoms with van der Waals surface area (Å²) >= 11 is 0. The Morgan fingerprint density at radius 3 is 2.34 bits per heavy atom. The van der Waals surface area contributed by atoms with E-state index in [2.05, 4.69) is 0 Å². The number of rotatable bonds is 6. The van der Waals surface area contributed by atoms with Crippen molar-refractivity contribution in [2.24, 2.45) is 0 Å². The second kappa shape index (κ2) is 9.26. The van der Waals surface area contributed by atoms with E-state index < -0.39 is 10.0 Å². The maximum Gasteiger partial charge on any atom is 0.290 e. The predicted octanol–water partition coefficient (Wildman–Crippen LogP) is 2.88. The Morgan fingerprint density at radius 2 is 1.69 bits per heavy atom. The van der Waals surface area contributed by atoms with Gasteiger partial charge in [-0.15, -0.1) is 0 Å². The first-order chi connectivity index (χ1) is 15.5. The summed E-state index contributed by atoms with van der Waals surface area (Å²) in [5, 5.41) is 8.89. The Kier molecular flexibility index (Phi) is 6.25. The van der Waals surface area contributed by atoms with Gasteiger partial charge < -0.3 is 14.1 Å². The number of amides is 1. The van der Waals surface area contributed by atoms with Crippen molar-refractivity contribution in [2.75, 3.05) is 26.2 Å². The van der Waals surface area contributed by atoms with Gasteiger partial charge >= 0.3 is 0 Å². The van der Waals surface area contributed by atoms with Crippen LogP contribution in [0.4, 0.5) is 0 Å². The van der Waals surface area contributed by atoms with E-state index in [9.17, 15) is 13.2 Å². The molecule has 1 fully saturated rings.